The number of hydrogen-bond donors (Lipinski definition) is 1. The summed E-state index contributed by atoms with van der Waals surface area (Å²) < 4.78 is 5.21. The predicted octanol–water partition coefficient (Wildman–Crippen LogP) is 2.80. The molecule has 1 aliphatic rings. The number of rotatable bonds is 4. The van der Waals surface area contributed by atoms with Gasteiger partial charge in [0.1, 0.15) is 0 Å². The lowest BCUT2D eigenvalue weighted by Gasteiger charge is -2.30. The number of benzene rings is 1. The monoisotopic (exact) mass is 314 g/mol. The SMILES string of the molecule is C[C@@H]1CCCC[C@@H]1NC(=O)[C@@H](C)OC(=O)c1cccc(C#N)c1. The molecular formula is C18H22N2O3. The fourth-order valence-electron chi connectivity index (χ4n) is 2.83. The Hall–Kier alpha value is -2.35. The van der Waals surface area contributed by atoms with Crippen molar-refractivity contribution in [3.8, 4) is 6.07 Å². The zero-order valence-corrected chi connectivity index (χ0v) is 13.5. The van der Waals surface area contributed by atoms with E-state index in [1.807, 2.05) is 6.07 Å². The fourth-order valence-corrected chi connectivity index (χ4v) is 2.83. The van der Waals surface area contributed by atoms with Gasteiger partial charge in [0.25, 0.3) is 5.91 Å². The van der Waals surface area contributed by atoms with Crippen molar-refractivity contribution in [3.05, 3.63) is 35.4 Å². The third kappa shape index (κ3) is 4.56. The van der Waals surface area contributed by atoms with Gasteiger partial charge in [-0.1, -0.05) is 25.8 Å². The van der Waals surface area contributed by atoms with Crippen molar-refractivity contribution in [1.29, 1.82) is 5.26 Å². The molecule has 0 aromatic heterocycles. The summed E-state index contributed by atoms with van der Waals surface area (Å²) >= 11 is 0. The standard InChI is InChI=1S/C18H22N2O3/c1-12-6-3-4-9-16(12)20-17(21)13(2)23-18(22)15-8-5-7-14(10-15)11-19/h5,7-8,10,12-13,16H,3-4,6,9H2,1-2H3,(H,20,21)/t12-,13-,16+/m1/s1. The molecule has 1 aliphatic carbocycles. The first kappa shape index (κ1) is 17.0. The number of esters is 1. The number of nitrogens with zero attached hydrogens (tertiary/aromatic N) is 1. The highest BCUT2D eigenvalue weighted by Crippen LogP contribution is 2.23. The van der Waals surface area contributed by atoms with E-state index in [0.717, 1.165) is 19.3 Å². The van der Waals surface area contributed by atoms with Crippen LogP contribution in [0.5, 0.6) is 0 Å². The number of carbonyl (C=O) groups excluding carboxylic acids is 2. The number of carbonyl (C=O) groups is 2. The van der Waals surface area contributed by atoms with E-state index in [1.165, 1.54) is 12.5 Å². The van der Waals surface area contributed by atoms with Crippen LogP contribution in [0.25, 0.3) is 0 Å². The largest absolute Gasteiger partial charge is 0.449 e. The minimum atomic E-state index is -0.859. The van der Waals surface area contributed by atoms with Crippen molar-refractivity contribution in [2.75, 3.05) is 0 Å². The van der Waals surface area contributed by atoms with Crippen molar-refractivity contribution < 1.29 is 14.3 Å². The minimum Gasteiger partial charge on any atom is -0.449 e. The highest BCUT2D eigenvalue weighted by atomic mass is 16.5. The number of hydrogen-bond acceptors (Lipinski definition) is 4. The Morgan fingerprint density at radius 2 is 2.09 bits per heavy atom. The van der Waals surface area contributed by atoms with E-state index in [4.69, 9.17) is 10.00 Å². The average molecular weight is 314 g/mol. The number of nitriles is 1. The molecule has 2 rings (SSSR count). The fraction of sp³-hybridized carbons (Fsp3) is 0.500. The van der Waals surface area contributed by atoms with Gasteiger partial charge in [-0.05, 0) is 43.9 Å². The van der Waals surface area contributed by atoms with Gasteiger partial charge in [0.15, 0.2) is 6.10 Å². The molecule has 0 aliphatic heterocycles. The maximum atomic E-state index is 12.2. The van der Waals surface area contributed by atoms with Crippen LogP contribution in [0, 0.1) is 17.2 Å². The van der Waals surface area contributed by atoms with Gasteiger partial charge in [0.2, 0.25) is 0 Å². The van der Waals surface area contributed by atoms with Gasteiger partial charge < -0.3 is 10.1 Å². The normalized spacial score (nSPS) is 21.8. The van der Waals surface area contributed by atoms with Gasteiger partial charge in [-0.3, -0.25) is 4.79 Å². The van der Waals surface area contributed by atoms with Crippen LogP contribution in [-0.4, -0.2) is 24.0 Å². The third-order valence-corrected chi connectivity index (χ3v) is 4.32. The Kier molecular flexibility index (Phi) is 5.75. The zero-order chi connectivity index (χ0) is 16.8. The van der Waals surface area contributed by atoms with Crippen molar-refractivity contribution in [3.63, 3.8) is 0 Å². The molecule has 1 saturated carbocycles. The van der Waals surface area contributed by atoms with Gasteiger partial charge in [0, 0.05) is 6.04 Å². The van der Waals surface area contributed by atoms with Crippen LogP contribution in [0.2, 0.25) is 0 Å². The highest BCUT2D eigenvalue weighted by molar-refractivity contribution is 5.92. The van der Waals surface area contributed by atoms with Crippen LogP contribution >= 0.6 is 0 Å². The smallest absolute Gasteiger partial charge is 0.338 e. The second kappa shape index (κ2) is 7.77. The molecule has 1 fully saturated rings. The number of amides is 1. The first-order valence-electron chi connectivity index (χ1n) is 8.02. The molecule has 23 heavy (non-hydrogen) atoms. The van der Waals surface area contributed by atoms with E-state index >= 15 is 0 Å². The van der Waals surface area contributed by atoms with Gasteiger partial charge in [-0.25, -0.2) is 4.79 Å². The molecule has 0 radical (unpaired) electrons. The molecule has 3 atom stereocenters. The van der Waals surface area contributed by atoms with E-state index in [9.17, 15) is 9.59 Å². The second-order valence-electron chi connectivity index (χ2n) is 6.12. The molecule has 1 amide bonds. The summed E-state index contributed by atoms with van der Waals surface area (Å²) in [5.41, 5.74) is 0.655. The Bertz CT molecular complexity index is 621. The highest BCUT2D eigenvalue weighted by Gasteiger charge is 2.26. The van der Waals surface area contributed by atoms with Crippen molar-refractivity contribution >= 4 is 11.9 Å². The van der Waals surface area contributed by atoms with E-state index in [2.05, 4.69) is 12.2 Å². The molecule has 0 bridgehead atoms. The van der Waals surface area contributed by atoms with Gasteiger partial charge in [0.05, 0.1) is 17.2 Å². The summed E-state index contributed by atoms with van der Waals surface area (Å²) in [5, 5.41) is 11.8. The summed E-state index contributed by atoms with van der Waals surface area (Å²) in [6.45, 7) is 3.70. The lowest BCUT2D eigenvalue weighted by molar-refractivity contribution is -0.130. The Morgan fingerprint density at radius 3 is 2.78 bits per heavy atom. The lowest BCUT2D eigenvalue weighted by Crippen LogP contribution is -2.45. The molecule has 0 unspecified atom stereocenters. The Morgan fingerprint density at radius 1 is 1.35 bits per heavy atom. The van der Waals surface area contributed by atoms with Crippen LogP contribution in [0.15, 0.2) is 24.3 Å². The van der Waals surface area contributed by atoms with E-state index in [1.54, 1.807) is 25.1 Å². The second-order valence-corrected chi connectivity index (χ2v) is 6.12. The van der Waals surface area contributed by atoms with E-state index in [-0.39, 0.29) is 17.5 Å². The molecule has 5 heteroatoms. The third-order valence-electron chi connectivity index (χ3n) is 4.32. The van der Waals surface area contributed by atoms with Crippen LogP contribution in [0.3, 0.4) is 0 Å². The van der Waals surface area contributed by atoms with Gasteiger partial charge in [-0.2, -0.15) is 5.26 Å². The van der Waals surface area contributed by atoms with Crippen molar-refractivity contribution in [2.24, 2.45) is 5.92 Å². The zero-order valence-electron chi connectivity index (χ0n) is 13.5. The lowest BCUT2D eigenvalue weighted by atomic mass is 9.86. The molecule has 5 nitrogen and oxygen atoms in total. The predicted molar refractivity (Wildman–Crippen MR) is 85.6 cm³/mol. The van der Waals surface area contributed by atoms with Crippen molar-refractivity contribution in [2.45, 2.75) is 51.7 Å². The molecule has 0 saturated heterocycles. The summed E-state index contributed by atoms with van der Waals surface area (Å²) in [4.78, 5) is 24.3. The first-order valence-corrected chi connectivity index (χ1v) is 8.02. The van der Waals surface area contributed by atoms with Crippen LogP contribution in [-0.2, 0) is 9.53 Å². The first-order chi connectivity index (χ1) is 11.0. The minimum absolute atomic E-state index is 0.152. The average Bonchev–Trinajstić information content (AvgIpc) is 2.56. The molecule has 0 heterocycles. The Balaban J connectivity index is 1.92. The number of ether oxygens (including phenoxy) is 1. The van der Waals surface area contributed by atoms with Gasteiger partial charge in [-0.15, -0.1) is 0 Å². The molecule has 1 aromatic carbocycles. The Labute approximate surface area is 136 Å². The summed E-state index contributed by atoms with van der Waals surface area (Å²) in [5.74, 6) is -0.419. The van der Waals surface area contributed by atoms with Crippen molar-refractivity contribution in [1.82, 2.24) is 5.32 Å². The van der Waals surface area contributed by atoms with Crippen LogP contribution in [0.1, 0.15) is 55.5 Å². The summed E-state index contributed by atoms with van der Waals surface area (Å²) in [6.07, 6.45) is 3.54. The maximum absolute atomic E-state index is 12.2. The topological polar surface area (TPSA) is 79.2 Å². The summed E-state index contributed by atoms with van der Waals surface area (Å²) in [7, 11) is 0. The summed E-state index contributed by atoms with van der Waals surface area (Å²) in [6, 6.07) is 8.37. The quantitative estimate of drug-likeness (QED) is 0.867. The molecule has 1 aromatic rings. The molecular weight excluding hydrogens is 292 g/mol. The van der Waals surface area contributed by atoms with Crippen LogP contribution < -0.4 is 5.32 Å². The molecule has 0 spiro atoms. The van der Waals surface area contributed by atoms with Crippen LogP contribution in [0.4, 0.5) is 0 Å². The van der Waals surface area contributed by atoms with E-state index in [0.29, 0.717) is 11.5 Å². The van der Waals surface area contributed by atoms with E-state index < -0.39 is 12.1 Å². The van der Waals surface area contributed by atoms with Gasteiger partial charge >= 0.3 is 5.97 Å². The maximum Gasteiger partial charge on any atom is 0.338 e. The molecule has 1 N–H and O–H groups in total. The molecule has 122 valence electrons. The number of nitrogens with one attached hydrogen (secondary N) is 1.